The van der Waals surface area contributed by atoms with Crippen LogP contribution in [-0.2, 0) is 9.59 Å². The molecule has 0 spiro atoms. The van der Waals surface area contributed by atoms with Crippen LogP contribution in [0.3, 0.4) is 0 Å². The normalized spacial score (nSPS) is 11.2. The lowest BCUT2D eigenvalue weighted by atomic mass is 10.1. The van der Waals surface area contributed by atoms with Gasteiger partial charge in [-0.25, -0.2) is 4.79 Å². The van der Waals surface area contributed by atoms with Crippen molar-refractivity contribution in [2.75, 3.05) is 0 Å². The largest absolute Gasteiger partial charge is 0.478 e. The van der Waals surface area contributed by atoms with Crippen molar-refractivity contribution >= 4 is 11.9 Å². The second-order valence-corrected chi connectivity index (χ2v) is 2.13. The van der Waals surface area contributed by atoms with Gasteiger partial charge in [0.15, 0.2) is 0 Å². The Labute approximate surface area is 64.7 Å². The number of carbonyl (C=O) groups excluding carboxylic acids is 1. The van der Waals surface area contributed by atoms with Gasteiger partial charge in [0.05, 0.1) is 0 Å². The summed E-state index contributed by atoms with van der Waals surface area (Å²) in [4.78, 5) is 20.6. The first-order chi connectivity index (χ1) is 5.07. The monoisotopic (exact) mass is 157 g/mol. The summed E-state index contributed by atoms with van der Waals surface area (Å²) in [5, 5.41) is 8.48. The second-order valence-electron chi connectivity index (χ2n) is 2.13. The van der Waals surface area contributed by atoms with Gasteiger partial charge in [-0.3, -0.25) is 4.79 Å². The van der Waals surface area contributed by atoms with Crippen LogP contribution in [0.15, 0.2) is 11.6 Å². The zero-order valence-electron chi connectivity index (χ0n) is 6.33. The third-order valence-corrected chi connectivity index (χ3v) is 1.11. The number of carboxylic acid groups (broad SMARTS) is 1. The van der Waals surface area contributed by atoms with E-state index in [4.69, 9.17) is 10.8 Å². The molecule has 0 radical (unpaired) electrons. The van der Waals surface area contributed by atoms with E-state index in [-0.39, 0.29) is 5.57 Å². The highest BCUT2D eigenvalue weighted by atomic mass is 16.4. The lowest BCUT2D eigenvalue weighted by Crippen LogP contribution is -2.10. The van der Waals surface area contributed by atoms with Crippen LogP contribution in [-0.4, -0.2) is 17.0 Å². The topological polar surface area (TPSA) is 80.4 Å². The standard InChI is InChI=1S/C7H11NO3/c1-2-3-5(7(10)11)4-6(8)9/h4H,2-3H2,1H3,(H2,8,9)(H,10,11)/b5-4-. The van der Waals surface area contributed by atoms with Crippen LogP contribution < -0.4 is 5.73 Å². The van der Waals surface area contributed by atoms with Gasteiger partial charge >= 0.3 is 5.97 Å². The molecule has 11 heavy (non-hydrogen) atoms. The Morgan fingerprint density at radius 2 is 2.09 bits per heavy atom. The number of carboxylic acids is 1. The van der Waals surface area contributed by atoms with Gasteiger partial charge in [-0.2, -0.15) is 0 Å². The van der Waals surface area contributed by atoms with E-state index in [1.54, 1.807) is 0 Å². The Hall–Kier alpha value is -1.32. The summed E-state index contributed by atoms with van der Waals surface area (Å²) in [6.45, 7) is 1.83. The van der Waals surface area contributed by atoms with Gasteiger partial charge in [-0.05, 0) is 6.42 Å². The molecular formula is C7H11NO3. The Morgan fingerprint density at radius 3 is 2.36 bits per heavy atom. The molecule has 0 atom stereocenters. The fourth-order valence-corrected chi connectivity index (χ4v) is 0.682. The van der Waals surface area contributed by atoms with E-state index in [9.17, 15) is 9.59 Å². The van der Waals surface area contributed by atoms with Gasteiger partial charge < -0.3 is 10.8 Å². The van der Waals surface area contributed by atoms with Gasteiger partial charge in [0.25, 0.3) is 0 Å². The van der Waals surface area contributed by atoms with Crippen LogP contribution in [0.1, 0.15) is 19.8 Å². The van der Waals surface area contributed by atoms with E-state index in [1.807, 2.05) is 6.92 Å². The van der Waals surface area contributed by atoms with Crippen LogP contribution in [0.5, 0.6) is 0 Å². The lowest BCUT2D eigenvalue weighted by Gasteiger charge is -1.96. The Morgan fingerprint density at radius 1 is 1.55 bits per heavy atom. The molecule has 0 saturated carbocycles. The van der Waals surface area contributed by atoms with Crippen molar-refractivity contribution < 1.29 is 14.7 Å². The molecule has 62 valence electrons. The number of hydrogen-bond donors (Lipinski definition) is 2. The van der Waals surface area contributed by atoms with Gasteiger partial charge in [0.1, 0.15) is 0 Å². The minimum atomic E-state index is -1.08. The summed E-state index contributed by atoms with van der Waals surface area (Å²) in [7, 11) is 0. The number of primary amides is 1. The molecule has 0 aromatic heterocycles. The Kier molecular flexibility index (Phi) is 3.95. The third-order valence-electron chi connectivity index (χ3n) is 1.11. The van der Waals surface area contributed by atoms with E-state index in [1.165, 1.54) is 0 Å². The number of carbonyl (C=O) groups is 2. The Balaban J connectivity index is 4.32. The van der Waals surface area contributed by atoms with Crippen LogP contribution in [0, 0.1) is 0 Å². The quantitative estimate of drug-likeness (QED) is 0.575. The molecule has 3 N–H and O–H groups in total. The summed E-state index contributed by atoms with van der Waals surface area (Å²) in [5.41, 5.74) is 4.85. The van der Waals surface area contributed by atoms with Crippen molar-refractivity contribution in [3.8, 4) is 0 Å². The molecule has 0 unspecified atom stereocenters. The summed E-state index contributed by atoms with van der Waals surface area (Å²) < 4.78 is 0. The van der Waals surface area contributed by atoms with E-state index >= 15 is 0 Å². The molecule has 4 heteroatoms. The van der Waals surface area contributed by atoms with Gasteiger partial charge in [-0.1, -0.05) is 13.3 Å². The average molecular weight is 157 g/mol. The maximum atomic E-state index is 10.3. The van der Waals surface area contributed by atoms with Gasteiger partial charge in [0, 0.05) is 11.6 Å². The van der Waals surface area contributed by atoms with Crippen LogP contribution >= 0.6 is 0 Å². The number of hydrogen-bond acceptors (Lipinski definition) is 2. The van der Waals surface area contributed by atoms with Crippen molar-refractivity contribution in [3.05, 3.63) is 11.6 Å². The van der Waals surface area contributed by atoms with E-state index in [2.05, 4.69) is 0 Å². The summed E-state index contributed by atoms with van der Waals surface area (Å²) in [5.74, 6) is -1.79. The number of amides is 1. The summed E-state index contributed by atoms with van der Waals surface area (Å²) >= 11 is 0. The molecule has 0 aliphatic heterocycles. The first kappa shape index (κ1) is 9.68. The molecular weight excluding hydrogens is 146 g/mol. The summed E-state index contributed by atoms with van der Waals surface area (Å²) in [6.07, 6.45) is 2.01. The predicted molar refractivity (Wildman–Crippen MR) is 39.8 cm³/mol. The molecule has 0 bridgehead atoms. The highest BCUT2D eigenvalue weighted by Gasteiger charge is 2.06. The SMILES string of the molecule is CCC/C(=C/C(N)=O)C(=O)O. The van der Waals surface area contributed by atoms with Crippen LogP contribution in [0.25, 0.3) is 0 Å². The predicted octanol–water partition coefficient (Wildman–Crippen LogP) is 0.283. The maximum absolute atomic E-state index is 10.3. The van der Waals surface area contributed by atoms with E-state index in [0.29, 0.717) is 12.8 Å². The van der Waals surface area contributed by atoms with Crippen molar-refractivity contribution in [3.63, 3.8) is 0 Å². The molecule has 0 heterocycles. The maximum Gasteiger partial charge on any atom is 0.331 e. The summed E-state index contributed by atoms with van der Waals surface area (Å²) in [6, 6.07) is 0. The molecule has 0 aromatic carbocycles. The highest BCUT2D eigenvalue weighted by molar-refractivity contribution is 5.96. The van der Waals surface area contributed by atoms with E-state index in [0.717, 1.165) is 6.08 Å². The van der Waals surface area contributed by atoms with Crippen LogP contribution in [0.2, 0.25) is 0 Å². The molecule has 0 saturated heterocycles. The zero-order valence-corrected chi connectivity index (χ0v) is 6.33. The highest BCUT2D eigenvalue weighted by Crippen LogP contribution is 2.03. The minimum absolute atomic E-state index is 0.0694. The number of aliphatic carboxylic acids is 1. The molecule has 1 amide bonds. The van der Waals surface area contributed by atoms with Gasteiger partial charge in [0.2, 0.25) is 5.91 Å². The second kappa shape index (κ2) is 4.49. The molecule has 0 aliphatic carbocycles. The first-order valence-corrected chi connectivity index (χ1v) is 3.31. The van der Waals surface area contributed by atoms with Gasteiger partial charge in [-0.15, -0.1) is 0 Å². The third kappa shape index (κ3) is 4.13. The minimum Gasteiger partial charge on any atom is -0.478 e. The molecule has 0 fully saturated rings. The average Bonchev–Trinajstić information content (AvgIpc) is 1.86. The Bertz CT molecular complexity index is 196. The zero-order chi connectivity index (χ0) is 8.85. The van der Waals surface area contributed by atoms with Crippen molar-refractivity contribution in [2.45, 2.75) is 19.8 Å². The molecule has 0 aliphatic rings. The van der Waals surface area contributed by atoms with Crippen molar-refractivity contribution in [1.82, 2.24) is 0 Å². The lowest BCUT2D eigenvalue weighted by molar-refractivity contribution is -0.133. The van der Waals surface area contributed by atoms with Crippen molar-refractivity contribution in [2.24, 2.45) is 5.73 Å². The fraction of sp³-hybridized carbons (Fsp3) is 0.429. The molecule has 0 rings (SSSR count). The fourth-order valence-electron chi connectivity index (χ4n) is 0.682. The van der Waals surface area contributed by atoms with Crippen LogP contribution in [0.4, 0.5) is 0 Å². The van der Waals surface area contributed by atoms with E-state index < -0.39 is 11.9 Å². The molecule has 0 aromatic rings. The van der Waals surface area contributed by atoms with Crippen molar-refractivity contribution in [1.29, 1.82) is 0 Å². The smallest absolute Gasteiger partial charge is 0.331 e. The number of nitrogens with two attached hydrogens (primary N) is 1. The first-order valence-electron chi connectivity index (χ1n) is 3.31. The molecule has 4 nitrogen and oxygen atoms in total. The number of rotatable bonds is 4.